The molecule has 1 atom stereocenters. The van der Waals surface area contributed by atoms with E-state index in [9.17, 15) is 0 Å². The van der Waals surface area contributed by atoms with E-state index in [0.717, 1.165) is 6.42 Å². The molecule has 0 radical (unpaired) electrons. The van der Waals surface area contributed by atoms with Gasteiger partial charge in [-0.15, -0.1) is 12.4 Å². The molecule has 0 bridgehead atoms. The van der Waals surface area contributed by atoms with Crippen LogP contribution in [-0.2, 0) is 0 Å². The number of halogens is 1. The lowest BCUT2D eigenvalue weighted by Gasteiger charge is -1.96. The lowest BCUT2D eigenvalue weighted by Crippen LogP contribution is -2.13. The fourth-order valence-corrected chi connectivity index (χ4v) is 0.455. The van der Waals surface area contributed by atoms with Crippen molar-refractivity contribution >= 4 is 25.9 Å². The van der Waals surface area contributed by atoms with E-state index in [1.165, 1.54) is 6.42 Å². The smallest absolute Gasteiger partial charge is 0.00103 e. The average molecular weight is 158 g/mol. The molecule has 0 amide bonds. The predicted octanol–water partition coefficient (Wildman–Crippen LogP) is 1.67. The van der Waals surface area contributed by atoms with E-state index in [0.29, 0.717) is 6.04 Å². The van der Waals surface area contributed by atoms with Crippen LogP contribution in [0.3, 0.4) is 0 Å². The molecule has 0 aromatic heterocycles. The number of rotatable bonds is 2. The van der Waals surface area contributed by atoms with E-state index < -0.39 is 0 Å². The molecule has 2 N–H and O–H groups in total. The van der Waals surface area contributed by atoms with Crippen molar-refractivity contribution in [2.45, 2.75) is 32.7 Å². The van der Waals surface area contributed by atoms with Crippen molar-refractivity contribution in [2.75, 3.05) is 0 Å². The normalized spacial score (nSPS) is 10.9. The third-order valence-electron chi connectivity index (χ3n) is 0.744. The monoisotopic (exact) mass is 157 g/mol. The van der Waals surface area contributed by atoms with Crippen molar-refractivity contribution in [3.63, 3.8) is 0 Å². The Morgan fingerprint density at radius 3 is 1.88 bits per heavy atom. The Balaban J connectivity index is -0.000000125. The van der Waals surface area contributed by atoms with Crippen LogP contribution in [0, 0.1) is 0 Å². The summed E-state index contributed by atoms with van der Waals surface area (Å²) < 4.78 is 0. The maximum absolute atomic E-state index is 5.40. The van der Waals surface area contributed by atoms with Gasteiger partial charge < -0.3 is 5.73 Å². The summed E-state index contributed by atoms with van der Waals surface area (Å²) in [6.07, 6.45) is 2.36. The van der Waals surface area contributed by atoms with Crippen molar-refractivity contribution in [1.29, 1.82) is 0 Å². The van der Waals surface area contributed by atoms with Crippen molar-refractivity contribution in [3.8, 4) is 0 Å². The number of hydrogen-bond acceptors (Lipinski definition) is 1. The van der Waals surface area contributed by atoms with Crippen LogP contribution in [0.15, 0.2) is 0 Å². The first kappa shape index (κ1) is 15.8. The largest absolute Gasteiger partial charge is 0.328 e. The van der Waals surface area contributed by atoms with Crippen LogP contribution in [0.4, 0.5) is 0 Å². The van der Waals surface area contributed by atoms with E-state index in [1.54, 1.807) is 0 Å². The molecule has 0 aromatic rings. The first-order valence-electron chi connectivity index (χ1n) is 2.53. The summed E-state index contributed by atoms with van der Waals surface area (Å²) in [6, 6.07) is 0.398. The highest BCUT2D eigenvalue weighted by Crippen LogP contribution is 1.88. The van der Waals surface area contributed by atoms with Crippen LogP contribution in [0.2, 0.25) is 0 Å². The Morgan fingerprint density at radius 2 is 1.88 bits per heavy atom. The fourth-order valence-electron chi connectivity index (χ4n) is 0.455. The molecule has 8 heavy (non-hydrogen) atoms. The molecule has 0 aromatic carbocycles. The highest BCUT2D eigenvalue weighted by atomic mass is 35.5. The van der Waals surface area contributed by atoms with E-state index in [2.05, 4.69) is 6.92 Å². The lowest BCUT2D eigenvalue weighted by atomic mass is 10.2. The van der Waals surface area contributed by atoms with Gasteiger partial charge in [-0.2, -0.15) is 13.5 Å². The summed E-state index contributed by atoms with van der Waals surface area (Å²) in [7, 11) is 0. The molecule has 3 heteroatoms. The summed E-state index contributed by atoms with van der Waals surface area (Å²) in [4.78, 5) is 0. The Kier molecular flexibility index (Phi) is 20.9. The van der Waals surface area contributed by atoms with Crippen LogP contribution in [0.5, 0.6) is 0 Å². The second-order valence-electron chi connectivity index (χ2n) is 1.77. The first-order chi connectivity index (χ1) is 2.77. The Labute approximate surface area is 64.9 Å². The van der Waals surface area contributed by atoms with E-state index in [4.69, 9.17) is 5.73 Å². The lowest BCUT2D eigenvalue weighted by molar-refractivity contribution is 0.653. The van der Waals surface area contributed by atoms with Crippen molar-refractivity contribution in [3.05, 3.63) is 0 Å². The second-order valence-corrected chi connectivity index (χ2v) is 1.77. The Morgan fingerprint density at radius 1 is 1.50 bits per heavy atom. The number of hydrogen-bond donors (Lipinski definition) is 1. The molecule has 1 nitrogen and oxygen atoms in total. The van der Waals surface area contributed by atoms with E-state index in [1.807, 2.05) is 6.92 Å². The van der Waals surface area contributed by atoms with Gasteiger partial charge in [0.25, 0.3) is 0 Å². The molecule has 0 saturated carbocycles. The SMILES string of the molecule is CCC[C@@H](C)N.Cl.S. The van der Waals surface area contributed by atoms with Gasteiger partial charge >= 0.3 is 0 Å². The molecule has 0 aliphatic heterocycles. The minimum Gasteiger partial charge on any atom is -0.328 e. The highest BCUT2D eigenvalue weighted by molar-refractivity contribution is 7.59. The molecule has 0 aliphatic carbocycles. The molecule has 0 saturated heterocycles. The van der Waals surface area contributed by atoms with Crippen molar-refractivity contribution < 1.29 is 0 Å². The summed E-state index contributed by atoms with van der Waals surface area (Å²) in [5.41, 5.74) is 5.40. The minimum absolute atomic E-state index is 0. The van der Waals surface area contributed by atoms with Gasteiger partial charge in [-0.05, 0) is 13.3 Å². The molecule has 54 valence electrons. The summed E-state index contributed by atoms with van der Waals surface area (Å²) >= 11 is 0. The maximum atomic E-state index is 5.40. The fraction of sp³-hybridized carbons (Fsp3) is 1.00. The molecule has 0 aliphatic rings. The third-order valence-corrected chi connectivity index (χ3v) is 0.744. The van der Waals surface area contributed by atoms with Gasteiger partial charge in [0.05, 0.1) is 0 Å². The summed E-state index contributed by atoms with van der Waals surface area (Å²) in [5.74, 6) is 0. The minimum atomic E-state index is 0. The number of nitrogens with two attached hydrogens (primary N) is 1. The van der Waals surface area contributed by atoms with Crippen molar-refractivity contribution in [2.24, 2.45) is 5.73 Å². The van der Waals surface area contributed by atoms with Crippen LogP contribution < -0.4 is 5.73 Å². The van der Waals surface area contributed by atoms with Gasteiger partial charge in [-0.3, -0.25) is 0 Å². The van der Waals surface area contributed by atoms with Gasteiger partial charge in [0.15, 0.2) is 0 Å². The maximum Gasteiger partial charge on any atom is 0.00103 e. The zero-order valence-electron chi connectivity index (χ0n) is 5.48. The van der Waals surface area contributed by atoms with Crippen LogP contribution in [-0.4, -0.2) is 6.04 Å². The molecular weight excluding hydrogens is 142 g/mol. The summed E-state index contributed by atoms with van der Waals surface area (Å²) in [5, 5.41) is 0. The zero-order valence-corrected chi connectivity index (χ0v) is 7.29. The topological polar surface area (TPSA) is 26.0 Å². The quantitative estimate of drug-likeness (QED) is 0.649. The van der Waals surface area contributed by atoms with E-state index >= 15 is 0 Å². The predicted molar refractivity (Wildman–Crippen MR) is 46.2 cm³/mol. The highest BCUT2D eigenvalue weighted by Gasteiger charge is 1.85. The van der Waals surface area contributed by atoms with Crippen LogP contribution >= 0.6 is 25.9 Å². The average Bonchev–Trinajstić information content (AvgIpc) is 1.35. The molecule has 0 rings (SSSR count). The van der Waals surface area contributed by atoms with Gasteiger partial charge in [0, 0.05) is 6.04 Å². The molecule has 0 unspecified atom stereocenters. The van der Waals surface area contributed by atoms with Gasteiger partial charge in [0.1, 0.15) is 0 Å². The van der Waals surface area contributed by atoms with E-state index in [-0.39, 0.29) is 25.9 Å². The Bertz CT molecular complexity index is 33.6. The molecular formula is C5H16ClNS. The van der Waals surface area contributed by atoms with Crippen molar-refractivity contribution in [1.82, 2.24) is 0 Å². The first-order valence-corrected chi connectivity index (χ1v) is 2.53. The van der Waals surface area contributed by atoms with Crippen LogP contribution in [0.1, 0.15) is 26.7 Å². The van der Waals surface area contributed by atoms with Gasteiger partial charge in [0.2, 0.25) is 0 Å². The second kappa shape index (κ2) is 10.6. The van der Waals surface area contributed by atoms with Gasteiger partial charge in [-0.1, -0.05) is 13.3 Å². The van der Waals surface area contributed by atoms with Crippen LogP contribution in [0.25, 0.3) is 0 Å². The van der Waals surface area contributed by atoms with Gasteiger partial charge in [-0.25, -0.2) is 0 Å². The molecule has 0 heterocycles. The third kappa shape index (κ3) is 16.0. The standard InChI is InChI=1S/C5H13N.ClH.H2S/c1-3-4-5(2)6;;/h5H,3-4,6H2,1-2H3;1H;1H2/t5-;;/m1../s1. The molecule has 0 spiro atoms. The zero-order chi connectivity index (χ0) is 4.99. The molecule has 0 fully saturated rings. The Hall–Kier alpha value is 0.600. The summed E-state index contributed by atoms with van der Waals surface area (Å²) in [6.45, 7) is 4.17.